The van der Waals surface area contributed by atoms with Crippen molar-refractivity contribution in [3.63, 3.8) is 0 Å². The first-order valence-electron chi connectivity index (χ1n) is 8.48. The first-order valence-corrected chi connectivity index (χ1v) is 9.24. The summed E-state index contributed by atoms with van der Waals surface area (Å²) >= 11 is 11.8. The van der Waals surface area contributed by atoms with E-state index in [4.69, 9.17) is 23.2 Å². The van der Waals surface area contributed by atoms with E-state index in [0.717, 1.165) is 36.1 Å². The molecule has 2 aliphatic heterocycles. The van der Waals surface area contributed by atoms with Crippen molar-refractivity contribution in [1.29, 1.82) is 0 Å². The molecule has 27 heavy (non-hydrogen) atoms. The van der Waals surface area contributed by atoms with Gasteiger partial charge in [-0.15, -0.1) is 0 Å². The highest BCUT2D eigenvalue weighted by Gasteiger charge is 2.42. The van der Waals surface area contributed by atoms with Crippen LogP contribution in [-0.4, -0.2) is 17.0 Å². The van der Waals surface area contributed by atoms with Gasteiger partial charge in [-0.25, -0.2) is 4.79 Å². The van der Waals surface area contributed by atoms with Gasteiger partial charge in [-0.05, 0) is 60.7 Å². The molecule has 8 heteroatoms. The molecule has 0 spiro atoms. The average Bonchev–Trinajstić information content (AvgIpc) is 2.89. The standard InChI is InChI=1S/C19H15Cl2F3N2O/c20-11-1-4-14-10(7-11)8-13-3-6-17(14)26(13)18(27)25-12-2-5-15(16(21)9-12)19(22,23)24/h1-2,4-5,7,9,13,17H,3,6,8H2,(H,25,27)/t13-,17+/m1/s1. The van der Waals surface area contributed by atoms with E-state index in [1.165, 1.54) is 6.07 Å². The number of fused-ring (bicyclic) bond motifs is 4. The van der Waals surface area contributed by atoms with Gasteiger partial charge in [-0.3, -0.25) is 0 Å². The maximum absolute atomic E-state index is 12.8. The van der Waals surface area contributed by atoms with Crippen molar-refractivity contribution in [3.05, 3.63) is 63.1 Å². The fraction of sp³-hybridized carbons (Fsp3) is 0.316. The van der Waals surface area contributed by atoms with Crippen molar-refractivity contribution in [2.45, 2.75) is 37.5 Å². The lowest BCUT2D eigenvalue weighted by Gasteiger charge is -2.36. The van der Waals surface area contributed by atoms with Gasteiger partial charge < -0.3 is 10.2 Å². The molecular formula is C19H15Cl2F3N2O. The van der Waals surface area contributed by atoms with Crippen molar-refractivity contribution >= 4 is 34.9 Å². The van der Waals surface area contributed by atoms with Gasteiger partial charge in [0.2, 0.25) is 0 Å². The van der Waals surface area contributed by atoms with Gasteiger partial charge in [0.05, 0.1) is 16.6 Å². The number of hydrogen-bond donors (Lipinski definition) is 1. The van der Waals surface area contributed by atoms with Crippen LogP contribution in [0.5, 0.6) is 0 Å². The van der Waals surface area contributed by atoms with Gasteiger partial charge in [0.25, 0.3) is 0 Å². The van der Waals surface area contributed by atoms with Crippen molar-refractivity contribution in [2.75, 3.05) is 5.32 Å². The second kappa shape index (κ2) is 6.60. The minimum atomic E-state index is -4.53. The van der Waals surface area contributed by atoms with Crippen LogP contribution in [0.4, 0.5) is 23.7 Å². The number of carbonyl (C=O) groups is 1. The van der Waals surface area contributed by atoms with Crippen molar-refractivity contribution in [3.8, 4) is 0 Å². The predicted octanol–water partition coefficient (Wildman–Crippen LogP) is 6.31. The summed E-state index contributed by atoms with van der Waals surface area (Å²) in [7, 11) is 0. The molecule has 2 aromatic rings. The second-order valence-electron chi connectivity index (χ2n) is 6.82. The topological polar surface area (TPSA) is 32.3 Å². The van der Waals surface area contributed by atoms with Gasteiger partial charge in [-0.1, -0.05) is 29.3 Å². The zero-order chi connectivity index (χ0) is 19.3. The number of alkyl halides is 3. The lowest BCUT2D eigenvalue weighted by atomic mass is 9.93. The van der Waals surface area contributed by atoms with E-state index in [9.17, 15) is 18.0 Å². The predicted molar refractivity (Wildman–Crippen MR) is 98.2 cm³/mol. The Morgan fingerprint density at radius 2 is 1.89 bits per heavy atom. The number of halogens is 5. The molecule has 1 fully saturated rings. The van der Waals surface area contributed by atoms with Crippen LogP contribution >= 0.6 is 23.2 Å². The molecule has 0 unspecified atom stereocenters. The Morgan fingerprint density at radius 3 is 2.59 bits per heavy atom. The zero-order valence-electron chi connectivity index (χ0n) is 14.0. The summed E-state index contributed by atoms with van der Waals surface area (Å²) in [5, 5.41) is 2.91. The quantitative estimate of drug-likeness (QED) is 0.582. The lowest BCUT2D eigenvalue weighted by Crippen LogP contribution is -2.44. The SMILES string of the molecule is O=C(Nc1ccc(C(F)(F)F)c(Cl)c1)N1[C@@H]2CC[C@H]1c1ccc(Cl)cc1C2. The largest absolute Gasteiger partial charge is 0.417 e. The number of urea groups is 1. The Hall–Kier alpha value is -1.92. The number of carbonyl (C=O) groups excluding carboxylic acids is 1. The third-order valence-corrected chi connectivity index (χ3v) is 5.73. The van der Waals surface area contributed by atoms with Crippen LogP contribution in [0, 0.1) is 0 Å². The smallest absolute Gasteiger partial charge is 0.314 e. The summed E-state index contributed by atoms with van der Waals surface area (Å²) in [6.07, 6.45) is -2.09. The summed E-state index contributed by atoms with van der Waals surface area (Å²) in [6, 6.07) is 8.57. The summed E-state index contributed by atoms with van der Waals surface area (Å²) in [5.74, 6) is 0. The first kappa shape index (κ1) is 18.4. The molecule has 4 rings (SSSR count). The minimum absolute atomic E-state index is 0.0471. The van der Waals surface area contributed by atoms with Crippen molar-refractivity contribution in [2.24, 2.45) is 0 Å². The molecule has 2 heterocycles. The number of nitrogens with one attached hydrogen (secondary N) is 1. The van der Waals surface area contributed by atoms with Gasteiger partial charge in [-0.2, -0.15) is 13.2 Å². The summed E-state index contributed by atoms with van der Waals surface area (Å²) < 4.78 is 38.5. The second-order valence-corrected chi connectivity index (χ2v) is 7.67. The average molecular weight is 415 g/mol. The zero-order valence-corrected chi connectivity index (χ0v) is 15.5. The van der Waals surface area contributed by atoms with E-state index in [2.05, 4.69) is 5.32 Å². The van der Waals surface area contributed by atoms with E-state index >= 15 is 0 Å². The molecule has 2 atom stereocenters. The van der Waals surface area contributed by atoms with Crippen LogP contribution in [-0.2, 0) is 12.6 Å². The number of hydrogen-bond acceptors (Lipinski definition) is 1. The summed E-state index contributed by atoms with van der Waals surface area (Å²) in [5.41, 5.74) is 1.54. The molecule has 2 aliphatic rings. The van der Waals surface area contributed by atoms with Crippen molar-refractivity contribution < 1.29 is 18.0 Å². The molecule has 0 aromatic heterocycles. The van der Waals surface area contributed by atoms with Gasteiger partial charge in [0.1, 0.15) is 0 Å². The molecule has 2 aromatic carbocycles. The highest BCUT2D eigenvalue weighted by Crippen LogP contribution is 2.44. The van der Waals surface area contributed by atoms with Crippen LogP contribution < -0.4 is 5.32 Å². The molecule has 142 valence electrons. The Labute approximate surface area is 164 Å². The third kappa shape index (κ3) is 3.36. The van der Waals surface area contributed by atoms with E-state index in [-0.39, 0.29) is 23.8 Å². The van der Waals surface area contributed by atoms with Crippen LogP contribution in [0.3, 0.4) is 0 Å². The lowest BCUT2D eigenvalue weighted by molar-refractivity contribution is -0.137. The molecule has 1 N–H and O–H groups in total. The van der Waals surface area contributed by atoms with Gasteiger partial charge >= 0.3 is 12.2 Å². The molecule has 3 nitrogen and oxygen atoms in total. The number of anilines is 1. The third-order valence-electron chi connectivity index (χ3n) is 5.18. The maximum Gasteiger partial charge on any atom is 0.417 e. The van der Waals surface area contributed by atoms with Crippen LogP contribution in [0.25, 0.3) is 0 Å². The normalized spacial score (nSPS) is 21.1. The molecule has 0 aliphatic carbocycles. The Bertz CT molecular complexity index is 916. The highest BCUT2D eigenvalue weighted by atomic mass is 35.5. The highest BCUT2D eigenvalue weighted by molar-refractivity contribution is 6.31. The van der Waals surface area contributed by atoms with E-state index in [0.29, 0.717) is 11.4 Å². The first-order chi connectivity index (χ1) is 12.7. The van der Waals surface area contributed by atoms with Crippen LogP contribution in [0.1, 0.15) is 35.6 Å². The fourth-order valence-corrected chi connectivity index (χ4v) is 4.52. The Kier molecular flexibility index (Phi) is 4.51. The van der Waals surface area contributed by atoms with Gasteiger partial charge in [0, 0.05) is 16.8 Å². The number of rotatable bonds is 1. The van der Waals surface area contributed by atoms with Crippen molar-refractivity contribution in [1.82, 2.24) is 4.90 Å². The Morgan fingerprint density at radius 1 is 1.11 bits per heavy atom. The fourth-order valence-electron chi connectivity index (χ4n) is 4.04. The summed E-state index contributed by atoms with van der Waals surface area (Å²) in [4.78, 5) is 14.6. The molecular weight excluding hydrogens is 400 g/mol. The monoisotopic (exact) mass is 414 g/mol. The molecule has 1 saturated heterocycles. The van der Waals surface area contributed by atoms with E-state index in [1.807, 2.05) is 18.2 Å². The Balaban J connectivity index is 1.56. The molecule has 0 saturated carbocycles. The van der Waals surface area contributed by atoms with E-state index < -0.39 is 16.8 Å². The molecule has 2 bridgehead atoms. The van der Waals surface area contributed by atoms with Crippen LogP contribution in [0.2, 0.25) is 10.0 Å². The number of benzene rings is 2. The van der Waals surface area contributed by atoms with Crippen LogP contribution in [0.15, 0.2) is 36.4 Å². The number of amides is 2. The number of nitrogens with zero attached hydrogens (tertiary/aromatic N) is 1. The van der Waals surface area contributed by atoms with E-state index in [1.54, 1.807) is 4.90 Å². The van der Waals surface area contributed by atoms with Gasteiger partial charge in [0.15, 0.2) is 0 Å². The minimum Gasteiger partial charge on any atom is -0.314 e. The maximum atomic E-state index is 12.8. The molecule has 0 radical (unpaired) electrons. The molecule has 2 amide bonds. The summed E-state index contributed by atoms with van der Waals surface area (Å²) in [6.45, 7) is 0.